The van der Waals surface area contributed by atoms with Crippen LogP contribution >= 0.6 is 11.6 Å². The molecular weight excluding hydrogens is 350 g/mol. The molecule has 3 aromatic rings. The molecule has 2 heterocycles. The van der Waals surface area contributed by atoms with Crippen molar-refractivity contribution in [2.24, 2.45) is 0 Å². The van der Waals surface area contributed by atoms with Gasteiger partial charge in [0.1, 0.15) is 5.82 Å². The van der Waals surface area contributed by atoms with Gasteiger partial charge in [-0.2, -0.15) is 4.98 Å². The fraction of sp³-hybridized carbons (Fsp3) is 0.300. The lowest BCUT2D eigenvalue weighted by Crippen LogP contribution is -2.37. The molecule has 2 aromatic carbocycles. The Labute approximate surface area is 156 Å². The van der Waals surface area contributed by atoms with Gasteiger partial charge in [0.05, 0.1) is 30.7 Å². The average molecular weight is 370 g/mol. The number of nitrogens with zero attached hydrogens (tertiary/aromatic N) is 3. The maximum Gasteiger partial charge on any atom is 0.280 e. The minimum atomic E-state index is -0.170. The molecule has 0 bridgehead atoms. The number of hydrogen-bond acceptors (Lipinski definition) is 4. The number of ether oxygens (including phenoxy) is 1. The maximum atomic E-state index is 12.5. The largest absolute Gasteiger partial charge is 0.379 e. The van der Waals surface area contributed by atoms with Crippen LogP contribution in [0.4, 0.5) is 0 Å². The third kappa shape index (κ3) is 3.65. The predicted molar refractivity (Wildman–Crippen MR) is 103 cm³/mol. The summed E-state index contributed by atoms with van der Waals surface area (Å²) in [6.07, 6.45) is 0. The quantitative estimate of drug-likeness (QED) is 0.709. The van der Waals surface area contributed by atoms with Gasteiger partial charge >= 0.3 is 0 Å². The van der Waals surface area contributed by atoms with Crippen LogP contribution in [0.25, 0.3) is 10.9 Å². The summed E-state index contributed by atoms with van der Waals surface area (Å²) in [6, 6.07) is 15.4. The van der Waals surface area contributed by atoms with Crippen LogP contribution in [-0.2, 0) is 17.8 Å². The number of benzene rings is 2. The van der Waals surface area contributed by atoms with Crippen molar-refractivity contribution in [3.05, 3.63) is 75.3 Å². The monoisotopic (exact) mass is 369 g/mol. The van der Waals surface area contributed by atoms with E-state index in [4.69, 9.17) is 16.3 Å². The molecule has 0 saturated carbocycles. The summed E-state index contributed by atoms with van der Waals surface area (Å²) >= 11 is 6.01. The summed E-state index contributed by atoms with van der Waals surface area (Å²) in [5.41, 5.74) is 1.86. The van der Waals surface area contributed by atoms with Crippen molar-refractivity contribution in [1.82, 2.24) is 14.5 Å². The van der Waals surface area contributed by atoms with E-state index in [1.807, 2.05) is 48.5 Å². The van der Waals surface area contributed by atoms with E-state index < -0.39 is 0 Å². The number of aromatic nitrogens is 2. The minimum absolute atomic E-state index is 0.170. The van der Waals surface area contributed by atoms with E-state index in [-0.39, 0.29) is 5.56 Å². The summed E-state index contributed by atoms with van der Waals surface area (Å²) < 4.78 is 7.56. The molecule has 1 aliphatic rings. The van der Waals surface area contributed by atoms with Gasteiger partial charge in [0.15, 0.2) is 0 Å². The SMILES string of the molecule is O=c1nc(CN2CCOCC2)n(Cc2ccc(Cl)cc2)c2ccccc12. The molecule has 0 spiro atoms. The molecule has 4 rings (SSSR count). The van der Waals surface area contributed by atoms with E-state index in [9.17, 15) is 4.79 Å². The summed E-state index contributed by atoms with van der Waals surface area (Å²) in [5, 5.41) is 1.36. The Kier molecular flexibility index (Phi) is 5.02. The summed E-state index contributed by atoms with van der Waals surface area (Å²) in [4.78, 5) is 19.2. The predicted octanol–water partition coefficient (Wildman–Crippen LogP) is 2.93. The zero-order valence-electron chi connectivity index (χ0n) is 14.4. The molecule has 1 fully saturated rings. The lowest BCUT2D eigenvalue weighted by molar-refractivity contribution is 0.0325. The van der Waals surface area contributed by atoms with Crippen molar-refractivity contribution < 1.29 is 4.74 Å². The lowest BCUT2D eigenvalue weighted by atomic mass is 10.2. The molecule has 1 saturated heterocycles. The van der Waals surface area contributed by atoms with Crippen LogP contribution in [0.3, 0.4) is 0 Å². The molecule has 0 aliphatic carbocycles. The Hall–Kier alpha value is -2.21. The highest BCUT2D eigenvalue weighted by Gasteiger charge is 2.16. The van der Waals surface area contributed by atoms with Gasteiger partial charge in [0.25, 0.3) is 5.56 Å². The van der Waals surface area contributed by atoms with Crippen LogP contribution < -0.4 is 5.56 Å². The van der Waals surface area contributed by atoms with E-state index in [0.717, 1.165) is 43.2 Å². The minimum Gasteiger partial charge on any atom is -0.379 e. The highest BCUT2D eigenvalue weighted by Crippen LogP contribution is 2.17. The first-order valence-corrected chi connectivity index (χ1v) is 9.11. The molecule has 6 heteroatoms. The second-order valence-electron chi connectivity index (χ2n) is 6.45. The van der Waals surface area contributed by atoms with Gasteiger partial charge in [-0.05, 0) is 29.8 Å². The molecule has 26 heavy (non-hydrogen) atoms. The second kappa shape index (κ2) is 7.58. The van der Waals surface area contributed by atoms with Gasteiger partial charge in [0, 0.05) is 24.7 Å². The number of fused-ring (bicyclic) bond motifs is 1. The normalized spacial score (nSPS) is 15.4. The van der Waals surface area contributed by atoms with Crippen LogP contribution in [0.5, 0.6) is 0 Å². The van der Waals surface area contributed by atoms with E-state index in [1.54, 1.807) is 0 Å². The van der Waals surface area contributed by atoms with E-state index in [2.05, 4.69) is 14.5 Å². The number of halogens is 1. The molecule has 5 nitrogen and oxygen atoms in total. The number of hydrogen-bond donors (Lipinski definition) is 0. The third-order valence-corrected chi connectivity index (χ3v) is 4.94. The molecule has 0 amide bonds. The van der Waals surface area contributed by atoms with Crippen LogP contribution in [0, 0.1) is 0 Å². The van der Waals surface area contributed by atoms with Gasteiger partial charge in [-0.15, -0.1) is 0 Å². The lowest BCUT2D eigenvalue weighted by Gasteiger charge is -2.27. The van der Waals surface area contributed by atoms with E-state index in [1.165, 1.54) is 0 Å². The number of morpholine rings is 1. The van der Waals surface area contributed by atoms with Crippen molar-refractivity contribution in [1.29, 1.82) is 0 Å². The van der Waals surface area contributed by atoms with Crippen LogP contribution in [0.1, 0.15) is 11.4 Å². The van der Waals surface area contributed by atoms with Gasteiger partial charge < -0.3 is 9.30 Å². The Bertz CT molecular complexity index is 963. The molecule has 0 unspecified atom stereocenters. The first kappa shape index (κ1) is 17.2. The van der Waals surface area contributed by atoms with Crippen molar-refractivity contribution in [2.45, 2.75) is 13.1 Å². The summed E-state index contributed by atoms with van der Waals surface area (Å²) in [7, 11) is 0. The third-order valence-electron chi connectivity index (χ3n) is 4.69. The fourth-order valence-electron chi connectivity index (χ4n) is 3.30. The van der Waals surface area contributed by atoms with Gasteiger partial charge in [-0.1, -0.05) is 35.9 Å². The van der Waals surface area contributed by atoms with Crippen LogP contribution in [0.15, 0.2) is 53.3 Å². The molecule has 0 N–H and O–H groups in total. The second-order valence-corrected chi connectivity index (χ2v) is 6.89. The summed E-state index contributed by atoms with van der Waals surface area (Å²) in [5.74, 6) is 0.783. The van der Waals surface area contributed by atoms with E-state index in [0.29, 0.717) is 23.5 Å². The molecular formula is C20H20ClN3O2. The average Bonchev–Trinajstić information content (AvgIpc) is 2.67. The van der Waals surface area contributed by atoms with Crippen molar-refractivity contribution >= 4 is 22.5 Å². The van der Waals surface area contributed by atoms with Gasteiger partial charge in [0.2, 0.25) is 0 Å². The smallest absolute Gasteiger partial charge is 0.280 e. The highest BCUT2D eigenvalue weighted by molar-refractivity contribution is 6.30. The molecule has 134 valence electrons. The van der Waals surface area contributed by atoms with Crippen molar-refractivity contribution in [2.75, 3.05) is 26.3 Å². The van der Waals surface area contributed by atoms with Gasteiger partial charge in [-0.3, -0.25) is 9.69 Å². The number of rotatable bonds is 4. The highest BCUT2D eigenvalue weighted by atomic mass is 35.5. The van der Waals surface area contributed by atoms with Crippen molar-refractivity contribution in [3.63, 3.8) is 0 Å². The van der Waals surface area contributed by atoms with Gasteiger partial charge in [-0.25, -0.2) is 0 Å². The Morgan fingerprint density at radius 2 is 1.73 bits per heavy atom. The molecule has 0 radical (unpaired) electrons. The molecule has 1 aliphatic heterocycles. The topological polar surface area (TPSA) is 47.4 Å². The molecule has 0 atom stereocenters. The zero-order chi connectivity index (χ0) is 17.9. The van der Waals surface area contributed by atoms with Crippen LogP contribution in [0.2, 0.25) is 5.02 Å². The first-order chi connectivity index (χ1) is 12.7. The van der Waals surface area contributed by atoms with Crippen LogP contribution in [-0.4, -0.2) is 40.8 Å². The van der Waals surface area contributed by atoms with Crippen molar-refractivity contribution in [3.8, 4) is 0 Å². The maximum absolute atomic E-state index is 12.5. The summed E-state index contributed by atoms with van der Waals surface area (Å²) in [6.45, 7) is 4.42. The standard InChI is InChI=1S/C20H20ClN3O2/c21-16-7-5-15(6-8-16)13-24-18-4-2-1-3-17(18)20(25)22-19(24)14-23-9-11-26-12-10-23/h1-8H,9-14H2. The Morgan fingerprint density at radius 3 is 2.50 bits per heavy atom. The fourth-order valence-corrected chi connectivity index (χ4v) is 3.42. The molecule has 1 aromatic heterocycles. The first-order valence-electron chi connectivity index (χ1n) is 8.74. The van der Waals surface area contributed by atoms with E-state index >= 15 is 0 Å². The Balaban J connectivity index is 1.78. The number of para-hydroxylation sites is 1. The Morgan fingerprint density at radius 1 is 1.00 bits per heavy atom. The zero-order valence-corrected chi connectivity index (χ0v) is 15.2.